The zero-order chi connectivity index (χ0) is 5.45. The Balaban J connectivity index is 3.73. The second-order valence-electron chi connectivity index (χ2n) is 0.452. The van der Waals surface area contributed by atoms with Crippen molar-refractivity contribution < 1.29 is -4.56 Å². The van der Waals surface area contributed by atoms with Crippen LogP contribution in [0.5, 0.6) is 0 Å². The second kappa shape index (κ2) is 3.03. The topological polar surface area (TPSA) is 0 Å². The van der Waals surface area contributed by atoms with E-state index in [0.717, 1.165) is 0 Å². The molecule has 0 heterocycles. The van der Waals surface area contributed by atoms with Gasteiger partial charge in [-0.25, -0.2) is 0 Å². The minimum absolute atomic E-state index is 1.08. The molecule has 0 aliphatic heterocycles. The van der Waals surface area contributed by atoms with Crippen molar-refractivity contribution in [1.29, 1.82) is 0 Å². The Morgan fingerprint density at radius 1 is 0.667 bits per heavy atom. The van der Waals surface area contributed by atoms with Gasteiger partial charge in [0.15, 0.2) is 0 Å². The van der Waals surface area contributed by atoms with Gasteiger partial charge in [-0.05, 0) is 0 Å². The third-order valence-corrected chi connectivity index (χ3v) is 0. The van der Waals surface area contributed by atoms with Crippen LogP contribution in [0.4, 0.5) is 0 Å². The van der Waals surface area contributed by atoms with Crippen molar-refractivity contribution in [3.8, 4) is 0 Å². The van der Waals surface area contributed by atoms with Crippen LogP contribution in [0.1, 0.15) is 0 Å². The summed E-state index contributed by atoms with van der Waals surface area (Å²) in [6, 6.07) is 0. The van der Waals surface area contributed by atoms with Crippen LogP contribution in [0, 0.1) is 0 Å². The van der Waals surface area contributed by atoms with Crippen LogP contribution in [0.15, 0.2) is 0 Å². The zero-order valence-corrected chi connectivity index (χ0v) is 14.0. The van der Waals surface area contributed by atoms with Gasteiger partial charge in [0.25, 0.3) is 0 Å². The molecule has 6 heavy (non-hydrogen) atoms. The van der Waals surface area contributed by atoms with Crippen LogP contribution >= 0.6 is 102 Å². The van der Waals surface area contributed by atoms with Crippen LogP contribution in [0.25, 0.3) is 0 Å². The van der Waals surface area contributed by atoms with E-state index in [-0.39, 0.29) is 0 Å². The molecule has 0 aromatic rings. The van der Waals surface area contributed by atoms with Gasteiger partial charge in [-0.2, -0.15) is 0 Å². The molecule has 0 aliphatic carbocycles. The van der Waals surface area contributed by atoms with E-state index < -0.39 is -4.56 Å². The molecule has 0 nitrogen and oxygen atoms in total. The van der Waals surface area contributed by atoms with Crippen molar-refractivity contribution in [1.82, 2.24) is 0 Å². The molecule has 0 spiro atoms. The van der Waals surface area contributed by atoms with Crippen LogP contribution < -0.4 is 0 Å². The normalized spacial score (nSPS) is 19.2. The number of rotatable bonds is 0. The van der Waals surface area contributed by atoms with E-state index in [1.54, 1.807) is 0 Å². The minimum atomic E-state index is -1.08. The third kappa shape index (κ3) is 24.2. The molecule has 45 valence electrons. The fraction of sp³-hybridized carbons (Fsp3) is 0. The van der Waals surface area contributed by atoms with Crippen LogP contribution in [0.2, 0.25) is 0 Å². The van der Waals surface area contributed by atoms with E-state index in [1.807, 2.05) is 0 Å². The van der Waals surface area contributed by atoms with Gasteiger partial charge in [-0.15, -0.1) is 0 Å². The van der Waals surface area contributed by atoms with E-state index >= 15 is 0 Å². The summed E-state index contributed by atoms with van der Waals surface area (Å²) in [5.41, 5.74) is 0. The van der Waals surface area contributed by atoms with Gasteiger partial charge in [-0.3, -0.25) is 0 Å². The summed E-state index contributed by atoms with van der Waals surface area (Å²) in [7, 11) is 0. The number of halogens is 5. The summed E-state index contributed by atoms with van der Waals surface area (Å²) in [5, 5.41) is 0. The van der Waals surface area contributed by atoms with E-state index in [0.29, 0.717) is 0 Å². The third-order valence-electron chi connectivity index (χ3n) is 0. The molecule has 0 amide bonds. The summed E-state index contributed by atoms with van der Waals surface area (Å²) < 4.78 is -1.08. The first-order valence-corrected chi connectivity index (χ1v) is 16.5. The molecule has 0 atom stereocenters. The van der Waals surface area contributed by atoms with E-state index in [1.165, 1.54) is 0 Å². The molecule has 0 unspecified atom stereocenters. The molecule has 0 saturated heterocycles. The van der Waals surface area contributed by atoms with Gasteiger partial charge in [0.1, 0.15) is 0 Å². The van der Waals surface area contributed by atoms with Gasteiger partial charge >= 0.3 is 97.9 Å². The average molecular weight is 693 g/mol. The van der Waals surface area contributed by atoms with Crippen LogP contribution in [-0.2, 0) is -4.56 Å². The molecule has 6 heteroatoms. The first-order valence-electron chi connectivity index (χ1n) is 0.598. The van der Waals surface area contributed by atoms with E-state index in [9.17, 15) is 0 Å². The maximum atomic E-state index is 2.48. The molecule has 0 radical (unpaired) electrons. The molecule has 0 saturated carbocycles. The predicted molar refractivity (Wildman–Crippen MR) is 70.1 cm³/mol. The summed E-state index contributed by atoms with van der Waals surface area (Å²) in [4.78, 5) is 0. The molecule has 0 bridgehead atoms. The Hall–Kier alpha value is 4.14. The second-order valence-corrected chi connectivity index (χ2v) is 83.8. The van der Waals surface area contributed by atoms with Crippen molar-refractivity contribution in [2.45, 2.75) is 0 Å². The standard InChI is InChI=1S/5HI.Ni/h5*1H;/q;;;;;+5/p-5. The number of hydrogen-bond acceptors (Lipinski definition) is 0. The monoisotopic (exact) mass is 692 g/mol. The Bertz CT molecular complexity index is 37.1. The van der Waals surface area contributed by atoms with Gasteiger partial charge in [0, 0.05) is 0 Å². The van der Waals surface area contributed by atoms with Crippen LogP contribution in [0.3, 0.4) is 0 Å². The van der Waals surface area contributed by atoms with Gasteiger partial charge in [-0.1, -0.05) is 0 Å². The van der Waals surface area contributed by atoms with Crippen molar-refractivity contribution >= 4 is 102 Å². The summed E-state index contributed by atoms with van der Waals surface area (Å²) in [6.07, 6.45) is 0. The molecule has 0 N–H and O–H groups in total. The molecule has 0 aliphatic rings. The summed E-state index contributed by atoms with van der Waals surface area (Å²) in [6.45, 7) is 0. The quantitative estimate of drug-likeness (QED) is 0.261. The maximum absolute atomic E-state index is 2.48. The number of hydrogen-bond donors (Lipinski definition) is 0. The van der Waals surface area contributed by atoms with Gasteiger partial charge in [0.2, 0.25) is 0 Å². The molecular formula is I5Ni. The average Bonchev–Trinajstić information content (AvgIpc) is 0.650. The first kappa shape index (κ1) is 10.1. The molecule has 0 rings (SSSR count). The van der Waals surface area contributed by atoms with E-state index in [2.05, 4.69) is 102 Å². The molecule has 0 fully saturated rings. The van der Waals surface area contributed by atoms with Crippen molar-refractivity contribution in [2.24, 2.45) is 0 Å². The van der Waals surface area contributed by atoms with Crippen molar-refractivity contribution in [3.63, 3.8) is 0 Å². The first-order chi connectivity index (χ1) is 2.24. The molecule has 0 aromatic carbocycles. The van der Waals surface area contributed by atoms with Crippen molar-refractivity contribution in [3.05, 3.63) is 0 Å². The SMILES string of the molecule is [I][Ni]([I])([I])([I])[I]. The van der Waals surface area contributed by atoms with Crippen molar-refractivity contribution in [2.75, 3.05) is 0 Å². The Labute approximate surface area is 94.6 Å². The summed E-state index contributed by atoms with van der Waals surface area (Å²) >= 11 is 12.4. The predicted octanol–water partition coefficient (Wildman–Crippen LogP) is 4.43. The van der Waals surface area contributed by atoms with Gasteiger partial charge < -0.3 is 0 Å². The Morgan fingerprint density at radius 2 is 0.667 bits per heavy atom. The van der Waals surface area contributed by atoms with Crippen LogP contribution in [-0.4, -0.2) is 0 Å². The molecular weight excluding hydrogens is 693 g/mol. The fourth-order valence-electron chi connectivity index (χ4n) is 0. The Kier molecular flexibility index (Phi) is 5.12. The van der Waals surface area contributed by atoms with E-state index in [4.69, 9.17) is 0 Å². The van der Waals surface area contributed by atoms with Gasteiger partial charge in [0.05, 0.1) is 0 Å². The zero-order valence-electron chi connectivity index (χ0n) is 2.21. The molecule has 0 aromatic heterocycles. The Morgan fingerprint density at radius 3 is 0.667 bits per heavy atom. The summed E-state index contributed by atoms with van der Waals surface area (Å²) in [5.74, 6) is 0. The fourth-order valence-corrected chi connectivity index (χ4v) is 0.